The van der Waals surface area contributed by atoms with Crippen LogP contribution in [0.25, 0.3) is 0 Å². The van der Waals surface area contributed by atoms with E-state index in [4.69, 9.17) is 42.3 Å². The van der Waals surface area contributed by atoms with Gasteiger partial charge in [-0.05, 0) is 24.3 Å². The highest BCUT2D eigenvalue weighted by atomic mass is 35.5. The van der Waals surface area contributed by atoms with E-state index in [-0.39, 0.29) is 12.3 Å². The molecule has 0 saturated heterocycles. The maximum atomic E-state index is 12.1. The molecule has 2 aromatic rings. The lowest BCUT2D eigenvalue weighted by atomic mass is 9.90. The van der Waals surface area contributed by atoms with Crippen molar-refractivity contribution >= 4 is 34.9 Å². The number of methoxy groups -OCH3 is 1. The Hall–Kier alpha value is -2.44. The molecular formula is C24H27Cl2NO5. The Bertz CT molecular complexity index is 934. The quantitative estimate of drug-likeness (QED) is 0.248. The number of rotatable bonds is 9. The Balaban J connectivity index is 1.71. The number of ether oxygens (including phenoxy) is 3. The second-order valence-corrected chi connectivity index (χ2v) is 8.41. The van der Waals surface area contributed by atoms with Gasteiger partial charge >= 0.3 is 5.97 Å². The first-order valence-corrected chi connectivity index (χ1v) is 11.3. The van der Waals surface area contributed by atoms with Crippen LogP contribution in [0, 0.1) is 5.92 Å². The number of hydrogen-bond donors (Lipinski definition) is 0. The standard InChI is InChI=1S/C24H27Cl2NO5/c1-29-24(28)22(27-30-2)19-11-7-6-10-17(19)15-31-18-12-20(25)23(21(26)13-18)32-14-16-8-4-3-5-9-16/h6-7,10-13,16H,3-5,8-9,14-15H2,1-2H3/b27-22+. The summed E-state index contributed by atoms with van der Waals surface area (Å²) in [5, 5.41) is 4.60. The van der Waals surface area contributed by atoms with Crippen molar-refractivity contribution in [2.24, 2.45) is 11.1 Å². The van der Waals surface area contributed by atoms with E-state index < -0.39 is 5.97 Å². The molecule has 2 aromatic carbocycles. The van der Waals surface area contributed by atoms with Gasteiger partial charge in [0.2, 0.25) is 0 Å². The van der Waals surface area contributed by atoms with Gasteiger partial charge < -0.3 is 19.0 Å². The van der Waals surface area contributed by atoms with E-state index >= 15 is 0 Å². The highest BCUT2D eigenvalue weighted by molar-refractivity contribution is 6.43. The highest BCUT2D eigenvalue weighted by Crippen LogP contribution is 2.38. The third kappa shape index (κ3) is 6.30. The number of benzene rings is 2. The Labute approximate surface area is 198 Å². The van der Waals surface area contributed by atoms with Crippen LogP contribution < -0.4 is 9.47 Å². The lowest BCUT2D eigenvalue weighted by Crippen LogP contribution is -2.19. The summed E-state index contributed by atoms with van der Waals surface area (Å²) >= 11 is 12.9. The Morgan fingerprint density at radius 2 is 1.72 bits per heavy atom. The first kappa shape index (κ1) is 24.2. The topological polar surface area (TPSA) is 66.4 Å². The van der Waals surface area contributed by atoms with Crippen LogP contribution >= 0.6 is 23.2 Å². The molecule has 172 valence electrons. The smallest absolute Gasteiger partial charge is 0.360 e. The number of oxime groups is 1. The molecule has 0 bridgehead atoms. The molecule has 1 saturated carbocycles. The van der Waals surface area contributed by atoms with Crippen molar-refractivity contribution in [2.75, 3.05) is 20.8 Å². The van der Waals surface area contributed by atoms with Crippen molar-refractivity contribution in [1.82, 2.24) is 0 Å². The predicted molar refractivity (Wildman–Crippen MR) is 125 cm³/mol. The number of hydrogen-bond acceptors (Lipinski definition) is 6. The fourth-order valence-electron chi connectivity index (χ4n) is 3.74. The van der Waals surface area contributed by atoms with E-state index in [2.05, 4.69) is 5.16 Å². The molecule has 8 heteroatoms. The molecule has 0 unspecified atom stereocenters. The average Bonchev–Trinajstić information content (AvgIpc) is 2.81. The molecule has 0 atom stereocenters. The van der Waals surface area contributed by atoms with Gasteiger partial charge in [0.1, 0.15) is 19.5 Å². The van der Waals surface area contributed by atoms with Crippen LogP contribution in [-0.4, -0.2) is 32.5 Å². The van der Waals surface area contributed by atoms with E-state index in [0.717, 1.165) is 5.56 Å². The molecule has 0 N–H and O–H groups in total. The molecule has 0 spiro atoms. The van der Waals surface area contributed by atoms with Crippen LogP contribution in [0.1, 0.15) is 43.2 Å². The second kappa shape index (κ2) is 12.0. The number of nitrogens with zero attached hydrogens (tertiary/aromatic N) is 1. The molecule has 0 aromatic heterocycles. The highest BCUT2D eigenvalue weighted by Gasteiger charge is 2.20. The summed E-state index contributed by atoms with van der Waals surface area (Å²) in [6, 6.07) is 10.6. The van der Waals surface area contributed by atoms with Crippen molar-refractivity contribution in [1.29, 1.82) is 0 Å². The maximum Gasteiger partial charge on any atom is 0.360 e. The summed E-state index contributed by atoms with van der Waals surface area (Å²) in [6.45, 7) is 0.771. The van der Waals surface area contributed by atoms with Crippen LogP contribution in [0.15, 0.2) is 41.6 Å². The summed E-state index contributed by atoms with van der Waals surface area (Å²) in [6.07, 6.45) is 6.14. The fourth-order valence-corrected chi connectivity index (χ4v) is 4.31. The normalized spacial score (nSPS) is 14.7. The first-order valence-electron chi connectivity index (χ1n) is 10.6. The molecule has 32 heavy (non-hydrogen) atoms. The Kier molecular flexibility index (Phi) is 9.06. The van der Waals surface area contributed by atoms with Crippen LogP contribution in [-0.2, 0) is 21.0 Å². The molecule has 0 aliphatic heterocycles. The molecule has 6 nitrogen and oxygen atoms in total. The molecular weight excluding hydrogens is 453 g/mol. The third-order valence-electron chi connectivity index (χ3n) is 5.39. The van der Waals surface area contributed by atoms with E-state index in [1.807, 2.05) is 12.1 Å². The van der Waals surface area contributed by atoms with Gasteiger partial charge in [-0.15, -0.1) is 0 Å². The van der Waals surface area contributed by atoms with Gasteiger partial charge in [-0.2, -0.15) is 0 Å². The zero-order valence-electron chi connectivity index (χ0n) is 18.2. The number of esters is 1. The number of carbonyl (C=O) groups excluding carboxylic acids is 1. The van der Waals surface area contributed by atoms with Gasteiger partial charge in [-0.1, -0.05) is 71.9 Å². The van der Waals surface area contributed by atoms with Crippen LogP contribution in [0.5, 0.6) is 11.5 Å². The van der Waals surface area contributed by atoms with Crippen molar-refractivity contribution in [3.63, 3.8) is 0 Å². The van der Waals surface area contributed by atoms with Crippen molar-refractivity contribution in [2.45, 2.75) is 38.7 Å². The first-order chi connectivity index (χ1) is 15.5. The van der Waals surface area contributed by atoms with E-state index in [1.54, 1.807) is 24.3 Å². The Morgan fingerprint density at radius 3 is 2.38 bits per heavy atom. The molecule has 0 amide bonds. The van der Waals surface area contributed by atoms with Crippen molar-refractivity contribution in [3.8, 4) is 11.5 Å². The van der Waals surface area contributed by atoms with E-state index in [0.29, 0.717) is 39.6 Å². The molecule has 1 aliphatic rings. The molecule has 3 rings (SSSR count). The van der Waals surface area contributed by atoms with Gasteiger partial charge in [0.15, 0.2) is 11.5 Å². The minimum absolute atomic E-state index is 0.0525. The number of carbonyl (C=O) groups is 1. The average molecular weight is 480 g/mol. The van der Waals surface area contributed by atoms with Crippen LogP contribution in [0.3, 0.4) is 0 Å². The van der Waals surface area contributed by atoms with Gasteiger partial charge in [0, 0.05) is 17.7 Å². The lowest BCUT2D eigenvalue weighted by molar-refractivity contribution is -0.132. The van der Waals surface area contributed by atoms with Crippen molar-refractivity contribution in [3.05, 3.63) is 57.6 Å². The maximum absolute atomic E-state index is 12.1. The second-order valence-electron chi connectivity index (χ2n) is 7.59. The molecule has 0 radical (unpaired) electrons. The minimum Gasteiger partial charge on any atom is -0.490 e. The monoisotopic (exact) mass is 479 g/mol. The lowest BCUT2D eigenvalue weighted by Gasteiger charge is -2.22. The predicted octanol–water partition coefficient (Wildman–Crippen LogP) is 6.06. The van der Waals surface area contributed by atoms with Gasteiger partial charge in [0.05, 0.1) is 23.8 Å². The minimum atomic E-state index is -0.607. The van der Waals surface area contributed by atoms with Gasteiger partial charge in [0.25, 0.3) is 0 Å². The molecule has 1 fully saturated rings. The van der Waals surface area contributed by atoms with E-state index in [1.165, 1.54) is 46.3 Å². The molecule has 1 aliphatic carbocycles. The van der Waals surface area contributed by atoms with Crippen LogP contribution in [0.2, 0.25) is 10.0 Å². The summed E-state index contributed by atoms with van der Waals surface area (Å²) in [4.78, 5) is 16.9. The van der Waals surface area contributed by atoms with Crippen molar-refractivity contribution < 1.29 is 23.8 Å². The third-order valence-corrected chi connectivity index (χ3v) is 5.95. The summed E-state index contributed by atoms with van der Waals surface area (Å²) < 4.78 is 16.7. The summed E-state index contributed by atoms with van der Waals surface area (Å²) in [7, 11) is 2.65. The zero-order chi connectivity index (χ0) is 22.9. The Morgan fingerprint density at radius 1 is 1.03 bits per heavy atom. The fraction of sp³-hybridized carbons (Fsp3) is 0.417. The van der Waals surface area contributed by atoms with Gasteiger partial charge in [-0.3, -0.25) is 0 Å². The summed E-state index contributed by atoms with van der Waals surface area (Å²) in [5.41, 5.74) is 1.32. The zero-order valence-corrected chi connectivity index (χ0v) is 19.7. The van der Waals surface area contributed by atoms with E-state index in [9.17, 15) is 4.79 Å². The SMILES string of the molecule is CO/N=C(/C(=O)OC)c1ccccc1COc1cc(Cl)c(OCC2CCCCC2)c(Cl)c1. The van der Waals surface area contributed by atoms with Gasteiger partial charge in [-0.25, -0.2) is 4.79 Å². The number of halogens is 2. The summed E-state index contributed by atoms with van der Waals surface area (Å²) in [5.74, 6) is 0.904. The van der Waals surface area contributed by atoms with Crippen LogP contribution in [0.4, 0.5) is 0 Å². The molecule has 0 heterocycles. The largest absolute Gasteiger partial charge is 0.490 e.